The molecule has 3 heteroatoms. The number of benzene rings is 1. The number of nitrogen functional groups attached to an aromatic ring is 1. The van der Waals surface area contributed by atoms with Crippen molar-refractivity contribution in [2.75, 3.05) is 11.1 Å². The van der Waals surface area contributed by atoms with Crippen LogP contribution in [-0.4, -0.2) is 11.0 Å². The van der Waals surface area contributed by atoms with E-state index in [2.05, 4.69) is 16.4 Å². The molecule has 3 rings (SSSR count). The summed E-state index contributed by atoms with van der Waals surface area (Å²) in [5.74, 6) is 0.999. The molecule has 0 amide bonds. The lowest BCUT2D eigenvalue weighted by atomic mass is 9.95. The van der Waals surface area contributed by atoms with Gasteiger partial charge in [0.1, 0.15) is 5.82 Å². The van der Waals surface area contributed by atoms with E-state index in [9.17, 15) is 0 Å². The van der Waals surface area contributed by atoms with Gasteiger partial charge in [0, 0.05) is 23.3 Å². The third-order valence-electron chi connectivity index (χ3n) is 3.73. The van der Waals surface area contributed by atoms with E-state index in [0.717, 1.165) is 22.3 Å². The van der Waals surface area contributed by atoms with Gasteiger partial charge >= 0.3 is 0 Å². The van der Waals surface area contributed by atoms with Crippen molar-refractivity contribution in [2.24, 2.45) is 0 Å². The van der Waals surface area contributed by atoms with E-state index >= 15 is 0 Å². The first-order chi connectivity index (χ1) is 8.83. The monoisotopic (exact) mass is 241 g/mol. The first kappa shape index (κ1) is 11.3. The largest absolute Gasteiger partial charge is 0.399 e. The number of hydrogen-bond acceptors (Lipinski definition) is 3. The molecule has 0 saturated heterocycles. The summed E-state index contributed by atoms with van der Waals surface area (Å²) in [6, 6.07) is 8.59. The van der Waals surface area contributed by atoms with Crippen LogP contribution in [0.1, 0.15) is 32.1 Å². The molecule has 0 unspecified atom stereocenters. The Morgan fingerprint density at radius 3 is 2.78 bits per heavy atom. The summed E-state index contributed by atoms with van der Waals surface area (Å²) in [5.41, 5.74) is 6.62. The van der Waals surface area contributed by atoms with Crippen molar-refractivity contribution >= 4 is 22.3 Å². The zero-order valence-corrected chi connectivity index (χ0v) is 10.5. The fourth-order valence-corrected chi connectivity index (χ4v) is 2.75. The molecule has 1 heterocycles. The first-order valence-electron chi connectivity index (χ1n) is 6.74. The van der Waals surface area contributed by atoms with Crippen LogP contribution in [0.3, 0.4) is 0 Å². The van der Waals surface area contributed by atoms with Crippen molar-refractivity contribution < 1.29 is 0 Å². The number of nitrogens with two attached hydrogens (primary N) is 1. The highest BCUT2D eigenvalue weighted by Crippen LogP contribution is 2.26. The second kappa shape index (κ2) is 4.84. The summed E-state index contributed by atoms with van der Waals surface area (Å²) < 4.78 is 0. The lowest BCUT2D eigenvalue weighted by Crippen LogP contribution is -2.22. The molecule has 0 radical (unpaired) electrons. The zero-order valence-electron chi connectivity index (χ0n) is 10.5. The van der Waals surface area contributed by atoms with Gasteiger partial charge in [-0.15, -0.1) is 0 Å². The standard InChI is InChI=1S/C15H19N3/c16-12-6-7-14-11(10-12)8-9-17-15(14)18-13-4-2-1-3-5-13/h6-10,13H,1-5,16H2,(H,17,18). The second-order valence-electron chi connectivity index (χ2n) is 5.12. The number of nitrogens with one attached hydrogen (secondary N) is 1. The highest BCUT2D eigenvalue weighted by atomic mass is 15.0. The Labute approximate surface area is 107 Å². The minimum absolute atomic E-state index is 0.578. The maximum Gasteiger partial charge on any atom is 0.134 e. The molecule has 1 aromatic carbocycles. The third kappa shape index (κ3) is 2.26. The highest BCUT2D eigenvalue weighted by molar-refractivity contribution is 5.93. The predicted octanol–water partition coefficient (Wildman–Crippen LogP) is 3.56. The lowest BCUT2D eigenvalue weighted by molar-refractivity contribution is 0.462. The average molecular weight is 241 g/mol. The van der Waals surface area contributed by atoms with Gasteiger partial charge in [-0.05, 0) is 42.5 Å². The lowest BCUT2D eigenvalue weighted by Gasteiger charge is -2.23. The van der Waals surface area contributed by atoms with Gasteiger partial charge in [-0.1, -0.05) is 19.3 Å². The van der Waals surface area contributed by atoms with Crippen LogP contribution < -0.4 is 11.1 Å². The van der Waals surface area contributed by atoms with Crippen LogP contribution in [0.25, 0.3) is 10.8 Å². The Kier molecular flexibility index (Phi) is 3.05. The van der Waals surface area contributed by atoms with Crippen LogP contribution in [0.4, 0.5) is 11.5 Å². The molecule has 18 heavy (non-hydrogen) atoms. The molecule has 1 aromatic heterocycles. The molecule has 0 atom stereocenters. The number of nitrogens with zero attached hydrogens (tertiary/aromatic N) is 1. The van der Waals surface area contributed by atoms with E-state index in [4.69, 9.17) is 5.73 Å². The number of pyridine rings is 1. The SMILES string of the molecule is Nc1ccc2c(NC3CCCCC3)nccc2c1. The van der Waals surface area contributed by atoms with Crippen LogP contribution in [0, 0.1) is 0 Å². The number of aromatic nitrogens is 1. The smallest absolute Gasteiger partial charge is 0.134 e. The van der Waals surface area contributed by atoms with Crippen LogP contribution in [0.2, 0.25) is 0 Å². The second-order valence-corrected chi connectivity index (χ2v) is 5.12. The van der Waals surface area contributed by atoms with Crippen molar-refractivity contribution in [3.63, 3.8) is 0 Å². The summed E-state index contributed by atoms with van der Waals surface area (Å²) in [6.07, 6.45) is 8.40. The molecule has 94 valence electrons. The van der Waals surface area contributed by atoms with Gasteiger partial charge in [-0.2, -0.15) is 0 Å². The molecule has 2 aromatic rings. The maximum atomic E-state index is 5.82. The molecule has 1 aliphatic carbocycles. The van der Waals surface area contributed by atoms with Gasteiger partial charge in [-0.25, -0.2) is 4.98 Å². The van der Waals surface area contributed by atoms with Crippen LogP contribution in [0.5, 0.6) is 0 Å². The Morgan fingerprint density at radius 1 is 1.11 bits per heavy atom. The van der Waals surface area contributed by atoms with Crippen molar-refractivity contribution in [3.8, 4) is 0 Å². The van der Waals surface area contributed by atoms with Crippen molar-refractivity contribution in [1.82, 2.24) is 4.98 Å². The van der Waals surface area contributed by atoms with Crippen LogP contribution in [0.15, 0.2) is 30.5 Å². The fraction of sp³-hybridized carbons (Fsp3) is 0.400. The van der Waals surface area contributed by atoms with Crippen molar-refractivity contribution in [3.05, 3.63) is 30.5 Å². The number of fused-ring (bicyclic) bond motifs is 1. The topological polar surface area (TPSA) is 50.9 Å². The summed E-state index contributed by atoms with van der Waals surface area (Å²) in [5, 5.41) is 5.91. The summed E-state index contributed by atoms with van der Waals surface area (Å²) in [4.78, 5) is 4.48. The van der Waals surface area contributed by atoms with E-state index in [1.54, 1.807) is 0 Å². The Morgan fingerprint density at radius 2 is 1.94 bits per heavy atom. The summed E-state index contributed by atoms with van der Waals surface area (Å²) in [7, 11) is 0. The Balaban J connectivity index is 1.91. The molecule has 1 aliphatic rings. The third-order valence-corrected chi connectivity index (χ3v) is 3.73. The quantitative estimate of drug-likeness (QED) is 0.790. The van der Waals surface area contributed by atoms with Crippen LogP contribution in [-0.2, 0) is 0 Å². The fourth-order valence-electron chi connectivity index (χ4n) is 2.75. The average Bonchev–Trinajstić information content (AvgIpc) is 2.40. The zero-order chi connectivity index (χ0) is 12.4. The van der Waals surface area contributed by atoms with Crippen LogP contribution >= 0.6 is 0 Å². The Bertz CT molecular complexity index is 544. The molecule has 1 fully saturated rings. The first-order valence-corrected chi connectivity index (χ1v) is 6.74. The van der Waals surface area contributed by atoms with Gasteiger partial charge in [0.05, 0.1) is 0 Å². The number of hydrogen-bond donors (Lipinski definition) is 2. The molecule has 0 spiro atoms. The predicted molar refractivity (Wildman–Crippen MR) is 76.7 cm³/mol. The van der Waals surface area contributed by atoms with E-state index in [1.165, 1.54) is 32.1 Å². The molecule has 1 saturated carbocycles. The minimum Gasteiger partial charge on any atom is -0.399 e. The van der Waals surface area contributed by atoms with Gasteiger partial charge in [-0.3, -0.25) is 0 Å². The Hall–Kier alpha value is -1.77. The number of rotatable bonds is 2. The van der Waals surface area contributed by atoms with E-state index in [0.29, 0.717) is 6.04 Å². The highest BCUT2D eigenvalue weighted by Gasteiger charge is 2.14. The van der Waals surface area contributed by atoms with Gasteiger partial charge in [0.25, 0.3) is 0 Å². The van der Waals surface area contributed by atoms with E-state index in [1.807, 2.05) is 24.4 Å². The minimum atomic E-state index is 0.578. The summed E-state index contributed by atoms with van der Waals surface area (Å²) in [6.45, 7) is 0. The molecule has 0 bridgehead atoms. The molecule has 0 aliphatic heterocycles. The number of anilines is 2. The van der Waals surface area contributed by atoms with Gasteiger partial charge in [0.15, 0.2) is 0 Å². The van der Waals surface area contributed by atoms with Gasteiger partial charge < -0.3 is 11.1 Å². The summed E-state index contributed by atoms with van der Waals surface area (Å²) >= 11 is 0. The van der Waals surface area contributed by atoms with Gasteiger partial charge in [0.2, 0.25) is 0 Å². The molecular weight excluding hydrogens is 222 g/mol. The molecular formula is C15H19N3. The van der Waals surface area contributed by atoms with Crippen molar-refractivity contribution in [1.29, 1.82) is 0 Å². The normalized spacial score (nSPS) is 16.9. The molecule has 3 N–H and O–H groups in total. The van der Waals surface area contributed by atoms with Crippen molar-refractivity contribution in [2.45, 2.75) is 38.1 Å². The molecule has 3 nitrogen and oxygen atoms in total. The maximum absolute atomic E-state index is 5.82. The van der Waals surface area contributed by atoms with E-state index in [-0.39, 0.29) is 0 Å². The van der Waals surface area contributed by atoms with E-state index < -0.39 is 0 Å².